The second-order valence-corrected chi connectivity index (χ2v) is 6.42. The molecule has 1 N–H and O–H groups in total. The Balaban J connectivity index is 2.04. The van der Waals surface area contributed by atoms with Crippen LogP contribution in [0.25, 0.3) is 5.65 Å². The molecule has 0 atom stereocenters. The van der Waals surface area contributed by atoms with Crippen molar-refractivity contribution in [3.63, 3.8) is 0 Å². The van der Waals surface area contributed by atoms with Crippen LogP contribution in [0, 0.1) is 0 Å². The van der Waals surface area contributed by atoms with E-state index in [4.69, 9.17) is 11.6 Å². The van der Waals surface area contributed by atoms with Gasteiger partial charge in [0.2, 0.25) is 10.0 Å². The summed E-state index contributed by atoms with van der Waals surface area (Å²) in [5, 5.41) is 0.637. The monoisotopic (exact) mass is 287 g/mol. The summed E-state index contributed by atoms with van der Waals surface area (Å²) in [6.45, 7) is 1.96. The van der Waals surface area contributed by atoms with Crippen LogP contribution in [0.4, 0.5) is 0 Å². The summed E-state index contributed by atoms with van der Waals surface area (Å²) < 4.78 is 26.8. The molecular formula is C11H14ClN3O2S. The number of sulfonamides is 1. The van der Waals surface area contributed by atoms with Gasteiger partial charge in [0.25, 0.3) is 0 Å². The molecule has 0 aromatic carbocycles. The van der Waals surface area contributed by atoms with E-state index in [1.54, 1.807) is 19.2 Å². The highest BCUT2D eigenvalue weighted by molar-refractivity contribution is 7.89. The zero-order valence-electron chi connectivity index (χ0n) is 9.93. The largest absolute Gasteiger partial charge is 0.305 e. The number of halogens is 1. The molecule has 0 aliphatic rings. The van der Waals surface area contributed by atoms with Gasteiger partial charge in [-0.2, -0.15) is 0 Å². The van der Waals surface area contributed by atoms with Gasteiger partial charge in [-0.15, -0.1) is 0 Å². The Bertz CT molecular complexity index is 651. The molecule has 0 radical (unpaired) electrons. The number of imidazole rings is 1. The van der Waals surface area contributed by atoms with Gasteiger partial charge in [0, 0.05) is 25.4 Å². The third-order valence-electron chi connectivity index (χ3n) is 2.55. The Hall–Kier alpha value is -1.11. The smallest absolute Gasteiger partial charge is 0.211 e. The van der Waals surface area contributed by atoms with Crippen molar-refractivity contribution >= 4 is 27.3 Å². The summed E-state index contributed by atoms with van der Waals surface area (Å²) in [5.41, 5.74) is 1.63. The van der Waals surface area contributed by atoms with Gasteiger partial charge in [0.05, 0.1) is 16.5 Å². The van der Waals surface area contributed by atoms with Gasteiger partial charge in [0.15, 0.2) is 0 Å². The molecule has 0 aliphatic heterocycles. The van der Waals surface area contributed by atoms with Gasteiger partial charge in [0.1, 0.15) is 5.65 Å². The van der Waals surface area contributed by atoms with E-state index in [0.717, 1.165) is 11.3 Å². The number of hydrogen-bond donors (Lipinski definition) is 1. The van der Waals surface area contributed by atoms with Gasteiger partial charge >= 0.3 is 0 Å². The minimum Gasteiger partial charge on any atom is -0.305 e. The van der Waals surface area contributed by atoms with Crippen LogP contribution in [-0.2, 0) is 16.4 Å². The number of fused-ring (bicyclic) bond motifs is 1. The summed E-state index contributed by atoms with van der Waals surface area (Å²) in [6, 6.07) is 3.59. The highest BCUT2D eigenvalue weighted by Gasteiger charge is 2.07. The minimum atomic E-state index is -3.13. The van der Waals surface area contributed by atoms with E-state index >= 15 is 0 Å². The minimum absolute atomic E-state index is 0.0910. The van der Waals surface area contributed by atoms with E-state index in [1.165, 1.54) is 0 Å². The highest BCUT2D eigenvalue weighted by atomic mass is 35.5. The molecule has 0 amide bonds. The van der Waals surface area contributed by atoms with Gasteiger partial charge in [-0.1, -0.05) is 11.6 Å². The quantitative estimate of drug-likeness (QED) is 0.906. The van der Waals surface area contributed by atoms with Crippen LogP contribution >= 0.6 is 11.6 Å². The third kappa shape index (κ3) is 3.22. The fourth-order valence-electron chi connectivity index (χ4n) is 1.57. The van der Waals surface area contributed by atoms with Crippen LogP contribution in [-0.4, -0.2) is 30.1 Å². The summed E-state index contributed by atoms with van der Waals surface area (Å²) in [6.07, 6.45) is 4.17. The van der Waals surface area contributed by atoms with Gasteiger partial charge in [-0.3, -0.25) is 0 Å². The molecular weight excluding hydrogens is 274 g/mol. The molecule has 0 aliphatic carbocycles. The first kappa shape index (κ1) is 13.3. The molecule has 18 heavy (non-hydrogen) atoms. The lowest BCUT2D eigenvalue weighted by Crippen LogP contribution is -2.27. The maximum absolute atomic E-state index is 11.3. The van der Waals surface area contributed by atoms with Crippen molar-refractivity contribution in [3.05, 3.63) is 35.2 Å². The average Bonchev–Trinajstić information content (AvgIpc) is 2.70. The summed E-state index contributed by atoms with van der Waals surface area (Å²) in [7, 11) is -3.13. The fourth-order valence-corrected chi connectivity index (χ4v) is 2.36. The van der Waals surface area contributed by atoms with Crippen molar-refractivity contribution in [1.29, 1.82) is 0 Å². The lowest BCUT2D eigenvalue weighted by molar-refractivity contribution is 0.582. The second-order valence-electron chi connectivity index (χ2n) is 3.89. The predicted molar refractivity (Wildman–Crippen MR) is 71.4 cm³/mol. The van der Waals surface area contributed by atoms with Crippen molar-refractivity contribution < 1.29 is 8.42 Å². The molecule has 0 saturated heterocycles. The molecule has 2 aromatic rings. The molecule has 2 heterocycles. The van der Waals surface area contributed by atoms with Crippen molar-refractivity contribution in [2.75, 3.05) is 12.3 Å². The number of nitrogens with zero attached hydrogens (tertiary/aromatic N) is 2. The summed E-state index contributed by atoms with van der Waals surface area (Å²) in [4.78, 5) is 4.37. The van der Waals surface area contributed by atoms with E-state index in [-0.39, 0.29) is 5.75 Å². The van der Waals surface area contributed by atoms with Crippen molar-refractivity contribution in [1.82, 2.24) is 14.1 Å². The molecule has 5 nitrogen and oxygen atoms in total. The van der Waals surface area contributed by atoms with E-state index < -0.39 is 10.0 Å². The molecule has 0 spiro atoms. The third-order valence-corrected chi connectivity index (χ3v) is 4.18. The van der Waals surface area contributed by atoms with Crippen LogP contribution < -0.4 is 4.72 Å². The van der Waals surface area contributed by atoms with Crippen LogP contribution in [0.1, 0.15) is 12.6 Å². The Morgan fingerprint density at radius 3 is 2.89 bits per heavy atom. The summed E-state index contributed by atoms with van der Waals surface area (Å²) in [5.74, 6) is 0.0910. The number of aromatic nitrogens is 2. The standard InChI is InChI=1S/C11H14ClN3O2S/c1-2-18(16,17)13-6-5-10-8-15-7-9(12)3-4-11(15)14-10/h3-4,7-8,13H,2,5-6H2,1H3. The summed E-state index contributed by atoms with van der Waals surface area (Å²) >= 11 is 5.87. The van der Waals surface area contributed by atoms with E-state index in [9.17, 15) is 8.42 Å². The molecule has 7 heteroatoms. The molecule has 0 unspecified atom stereocenters. The van der Waals surface area contributed by atoms with Gasteiger partial charge < -0.3 is 4.40 Å². The van der Waals surface area contributed by atoms with Gasteiger partial charge in [-0.05, 0) is 19.1 Å². The van der Waals surface area contributed by atoms with Crippen molar-refractivity contribution in [2.24, 2.45) is 0 Å². The molecule has 0 bridgehead atoms. The molecule has 2 aromatic heterocycles. The van der Waals surface area contributed by atoms with Crippen LogP contribution in [0.15, 0.2) is 24.5 Å². The molecule has 2 rings (SSSR count). The van der Waals surface area contributed by atoms with E-state index in [0.29, 0.717) is 18.0 Å². The Morgan fingerprint density at radius 2 is 2.17 bits per heavy atom. The maximum Gasteiger partial charge on any atom is 0.211 e. The topological polar surface area (TPSA) is 63.5 Å². The van der Waals surface area contributed by atoms with Gasteiger partial charge in [-0.25, -0.2) is 18.1 Å². The molecule has 0 saturated carbocycles. The zero-order valence-corrected chi connectivity index (χ0v) is 11.5. The number of pyridine rings is 1. The maximum atomic E-state index is 11.3. The number of hydrogen-bond acceptors (Lipinski definition) is 3. The average molecular weight is 288 g/mol. The van der Waals surface area contributed by atoms with Crippen LogP contribution in [0.5, 0.6) is 0 Å². The zero-order chi connectivity index (χ0) is 13.2. The fraction of sp³-hybridized carbons (Fsp3) is 0.364. The van der Waals surface area contributed by atoms with Crippen LogP contribution in [0.2, 0.25) is 5.02 Å². The normalized spacial score (nSPS) is 12.1. The first-order valence-corrected chi connectivity index (χ1v) is 7.63. The lowest BCUT2D eigenvalue weighted by Gasteiger charge is -2.01. The van der Waals surface area contributed by atoms with Crippen molar-refractivity contribution in [3.8, 4) is 0 Å². The number of nitrogens with one attached hydrogen (secondary N) is 1. The first-order valence-electron chi connectivity index (χ1n) is 5.60. The van der Waals surface area contributed by atoms with Crippen LogP contribution in [0.3, 0.4) is 0 Å². The highest BCUT2D eigenvalue weighted by Crippen LogP contribution is 2.11. The Morgan fingerprint density at radius 1 is 1.39 bits per heavy atom. The van der Waals surface area contributed by atoms with E-state index in [2.05, 4.69) is 9.71 Å². The molecule has 98 valence electrons. The SMILES string of the molecule is CCS(=O)(=O)NCCc1cn2cc(Cl)ccc2n1. The van der Waals surface area contributed by atoms with E-state index in [1.807, 2.05) is 16.7 Å². The Kier molecular flexibility index (Phi) is 3.89. The first-order chi connectivity index (χ1) is 8.50. The Labute approximate surface area is 111 Å². The molecule has 0 fully saturated rings. The second kappa shape index (κ2) is 5.26. The van der Waals surface area contributed by atoms with Crippen molar-refractivity contribution in [2.45, 2.75) is 13.3 Å². The predicted octanol–water partition coefficient (Wildman–Crippen LogP) is 1.47. The lowest BCUT2D eigenvalue weighted by atomic mass is 10.3. The number of rotatable bonds is 5.